The zero-order valence-electron chi connectivity index (χ0n) is 11.2. The van der Waals surface area contributed by atoms with Gasteiger partial charge in [0.05, 0.1) is 13.7 Å². The maximum atomic E-state index is 10.3. The Bertz CT molecular complexity index is 426. The molecule has 19 heavy (non-hydrogen) atoms. The van der Waals surface area contributed by atoms with E-state index in [2.05, 4.69) is 6.58 Å². The second-order valence-electron chi connectivity index (χ2n) is 4.16. The second-order valence-corrected chi connectivity index (χ2v) is 4.16. The van der Waals surface area contributed by atoms with Crippen molar-refractivity contribution in [2.75, 3.05) is 13.7 Å². The minimum Gasteiger partial charge on any atom is -0.496 e. The molecule has 0 aliphatic heterocycles. The molecular weight excluding hydrogens is 244 g/mol. The van der Waals surface area contributed by atoms with Gasteiger partial charge in [-0.1, -0.05) is 12.7 Å². The zero-order valence-corrected chi connectivity index (χ0v) is 11.2. The van der Waals surface area contributed by atoms with Crippen molar-refractivity contribution in [3.05, 3.63) is 30.3 Å². The first-order valence-electron chi connectivity index (χ1n) is 6.32. The van der Waals surface area contributed by atoms with E-state index in [0.717, 1.165) is 29.9 Å². The highest BCUT2D eigenvalue weighted by molar-refractivity contribution is 5.66. The van der Waals surface area contributed by atoms with Gasteiger partial charge in [-0.25, -0.2) is 0 Å². The monoisotopic (exact) mass is 264 g/mol. The van der Waals surface area contributed by atoms with Crippen LogP contribution < -0.4 is 9.47 Å². The van der Waals surface area contributed by atoms with Gasteiger partial charge in [0.2, 0.25) is 0 Å². The van der Waals surface area contributed by atoms with Crippen molar-refractivity contribution in [1.29, 1.82) is 0 Å². The summed E-state index contributed by atoms with van der Waals surface area (Å²) >= 11 is 0. The summed E-state index contributed by atoms with van der Waals surface area (Å²) in [5, 5.41) is 8.50. The van der Waals surface area contributed by atoms with Crippen LogP contribution in [-0.4, -0.2) is 24.8 Å². The van der Waals surface area contributed by atoms with E-state index in [1.165, 1.54) is 0 Å². The molecule has 0 spiro atoms. The molecule has 1 N–H and O–H groups in total. The number of rotatable bonds is 9. The molecule has 1 rings (SSSR count). The van der Waals surface area contributed by atoms with Gasteiger partial charge in [0.15, 0.2) is 0 Å². The SMILES string of the molecule is C=Cc1cc(OCCCCCC(=O)O)ccc1OC. The molecule has 1 aromatic carbocycles. The number of hydrogen-bond acceptors (Lipinski definition) is 3. The fraction of sp³-hybridized carbons (Fsp3) is 0.400. The van der Waals surface area contributed by atoms with Gasteiger partial charge >= 0.3 is 5.97 Å². The maximum absolute atomic E-state index is 10.3. The van der Waals surface area contributed by atoms with Crippen molar-refractivity contribution < 1.29 is 19.4 Å². The zero-order chi connectivity index (χ0) is 14.1. The standard InChI is InChI=1S/C15H20O4/c1-3-12-11-13(8-9-14(12)18-2)19-10-6-4-5-7-15(16)17/h3,8-9,11H,1,4-7,10H2,2H3,(H,16,17). The summed E-state index contributed by atoms with van der Waals surface area (Å²) in [6.07, 6.45) is 4.35. The molecule has 0 saturated heterocycles. The molecule has 0 atom stereocenters. The van der Waals surface area contributed by atoms with E-state index >= 15 is 0 Å². The average Bonchev–Trinajstić information content (AvgIpc) is 2.42. The lowest BCUT2D eigenvalue weighted by atomic mass is 10.2. The van der Waals surface area contributed by atoms with Gasteiger partial charge in [-0.15, -0.1) is 0 Å². The van der Waals surface area contributed by atoms with E-state index < -0.39 is 5.97 Å². The highest BCUT2D eigenvalue weighted by Gasteiger charge is 2.02. The molecular formula is C15H20O4. The first-order chi connectivity index (χ1) is 9.17. The summed E-state index contributed by atoms with van der Waals surface area (Å²) in [6, 6.07) is 5.57. The summed E-state index contributed by atoms with van der Waals surface area (Å²) in [6.45, 7) is 4.31. The molecule has 4 heteroatoms. The van der Waals surface area contributed by atoms with Crippen molar-refractivity contribution in [2.24, 2.45) is 0 Å². The molecule has 0 saturated carbocycles. The van der Waals surface area contributed by atoms with E-state index in [9.17, 15) is 4.79 Å². The molecule has 0 amide bonds. The van der Waals surface area contributed by atoms with E-state index in [4.69, 9.17) is 14.6 Å². The van der Waals surface area contributed by atoms with Crippen LogP contribution in [0.15, 0.2) is 24.8 Å². The Morgan fingerprint density at radius 3 is 2.79 bits per heavy atom. The Balaban J connectivity index is 2.33. The largest absolute Gasteiger partial charge is 0.496 e. The van der Waals surface area contributed by atoms with Crippen molar-refractivity contribution in [1.82, 2.24) is 0 Å². The minimum atomic E-state index is -0.744. The van der Waals surface area contributed by atoms with Crippen LogP contribution >= 0.6 is 0 Å². The van der Waals surface area contributed by atoms with Crippen LogP contribution in [0.25, 0.3) is 6.08 Å². The summed E-state index contributed by atoms with van der Waals surface area (Å²) in [7, 11) is 1.62. The molecule has 0 aliphatic rings. The molecule has 0 bridgehead atoms. The lowest BCUT2D eigenvalue weighted by Gasteiger charge is -2.09. The van der Waals surface area contributed by atoms with Crippen LogP contribution in [0, 0.1) is 0 Å². The number of unbranched alkanes of at least 4 members (excludes halogenated alkanes) is 2. The van der Waals surface area contributed by atoms with Crippen molar-refractivity contribution >= 4 is 12.0 Å². The smallest absolute Gasteiger partial charge is 0.303 e. The van der Waals surface area contributed by atoms with Crippen LogP contribution in [0.1, 0.15) is 31.2 Å². The molecule has 0 aliphatic carbocycles. The molecule has 0 aromatic heterocycles. The molecule has 0 radical (unpaired) electrons. The van der Waals surface area contributed by atoms with Gasteiger partial charge in [0, 0.05) is 12.0 Å². The number of ether oxygens (including phenoxy) is 2. The normalized spacial score (nSPS) is 9.95. The Morgan fingerprint density at radius 1 is 1.37 bits per heavy atom. The summed E-state index contributed by atoms with van der Waals surface area (Å²) in [4.78, 5) is 10.3. The Labute approximate surface area is 113 Å². The summed E-state index contributed by atoms with van der Waals surface area (Å²) in [5.74, 6) is 0.796. The van der Waals surface area contributed by atoms with Gasteiger partial charge in [-0.3, -0.25) is 4.79 Å². The minimum absolute atomic E-state index is 0.225. The number of methoxy groups -OCH3 is 1. The first-order valence-corrected chi connectivity index (χ1v) is 6.32. The van der Waals surface area contributed by atoms with Crippen LogP contribution in [0.2, 0.25) is 0 Å². The summed E-state index contributed by atoms with van der Waals surface area (Å²) < 4.78 is 10.8. The third-order valence-corrected chi connectivity index (χ3v) is 2.72. The summed E-state index contributed by atoms with van der Waals surface area (Å²) in [5.41, 5.74) is 0.894. The number of carbonyl (C=O) groups is 1. The quantitative estimate of drug-likeness (QED) is 0.695. The molecule has 1 aromatic rings. The van der Waals surface area contributed by atoms with E-state index in [1.807, 2.05) is 18.2 Å². The molecule has 104 valence electrons. The van der Waals surface area contributed by atoms with Crippen molar-refractivity contribution in [2.45, 2.75) is 25.7 Å². The number of carboxylic acids is 1. The number of benzene rings is 1. The van der Waals surface area contributed by atoms with E-state index in [1.54, 1.807) is 13.2 Å². The van der Waals surface area contributed by atoms with Crippen LogP contribution in [0.3, 0.4) is 0 Å². The molecule has 0 unspecified atom stereocenters. The predicted octanol–water partition coefficient (Wildman–Crippen LogP) is 3.36. The Kier molecular flexibility index (Phi) is 6.50. The Hall–Kier alpha value is -1.97. The Morgan fingerprint density at radius 2 is 2.16 bits per heavy atom. The van der Waals surface area contributed by atoms with Crippen molar-refractivity contribution in [3.8, 4) is 11.5 Å². The topological polar surface area (TPSA) is 55.8 Å². The van der Waals surface area contributed by atoms with Gasteiger partial charge in [-0.05, 0) is 37.5 Å². The number of aliphatic carboxylic acids is 1. The fourth-order valence-corrected chi connectivity index (χ4v) is 1.71. The first kappa shape index (κ1) is 15.1. The molecule has 0 fully saturated rings. The van der Waals surface area contributed by atoms with Gasteiger partial charge in [-0.2, -0.15) is 0 Å². The van der Waals surface area contributed by atoms with Crippen molar-refractivity contribution in [3.63, 3.8) is 0 Å². The van der Waals surface area contributed by atoms with Crippen LogP contribution in [-0.2, 0) is 4.79 Å². The second kappa shape index (κ2) is 8.19. The predicted molar refractivity (Wildman–Crippen MR) is 74.7 cm³/mol. The number of hydrogen-bond donors (Lipinski definition) is 1. The third-order valence-electron chi connectivity index (χ3n) is 2.72. The molecule has 0 heterocycles. The lowest BCUT2D eigenvalue weighted by molar-refractivity contribution is -0.137. The number of carboxylic acid groups (broad SMARTS) is 1. The highest BCUT2D eigenvalue weighted by Crippen LogP contribution is 2.25. The van der Waals surface area contributed by atoms with Crippen LogP contribution in [0.5, 0.6) is 11.5 Å². The fourth-order valence-electron chi connectivity index (χ4n) is 1.71. The lowest BCUT2D eigenvalue weighted by Crippen LogP contribution is -1.99. The van der Waals surface area contributed by atoms with Gasteiger partial charge < -0.3 is 14.6 Å². The van der Waals surface area contributed by atoms with Gasteiger partial charge in [0.1, 0.15) is 11.5 Å². The molecule has 4 nitrogen and oxygen atoms in total. The van der Waals surface area contributed by atoms with E-state index in [-0.39, 0.29) is 6.42 Å². The van der Waals surface area contributed by atoms with Crippen LogP contribution in [0.4, 0.5) is 0 Å². The maximum Gasteiger partial charge on any atom is 0.303 e. The van der Waals surface area contributed by atoms with Gasteiger partial charge in [0.25, 0.3) is 0 Å². The third kappa shape index (κ3) is 5.46. The average molecular weight is 264 g/mol. The van der Waals surface area contributed by atoms with E-state index in [0.29, 0.717) is 13.0 Å². The highest BCUT2D eigenvalue weighted by atomic mass is 16.5.